The van der Waals surface area contributed by atoms with Crippen molar-refractivity contribution in [2.24, 2.45) is 5.73 Å². The number of hydrogen-bond acceptors (Lipinski definition) is 2. The number of nitrogens with one attached hydrogen (secondary N) is 1. The number of ether oxygens (including phenoxy) is 1. The lowest BCUT2D eigenvalue weighted by molar-refractivity contribution is 0.415. The van der Waals surface area contributed by atoms with Crippen molar-refractivity contribution in [2.75, 3.05) is 13.7 Å². The molecule has 0 bridgehead atoms. The predicted molar refractivity (Wildman–Crippen MR) is 71.8 cm³/mol. The Balaban J connectivity index is 2.69. The molecule has 0 saturated carbocycles. The monoisotopic (exact) mass is 232 g/mol. The smallest absolute Gasteiger partial charge is 0.119 e. The van der Waals surface area contributed by atoms with Crippen molar-refractivity contribution in [3.8, 4) is 5.75 Å². The zero-order chi connectivity index (χ0) is 12.6. The number of H-pyrrole nitrogens is 1. The van der Waals surface area contributed by atoms with E-state index in [4.69, 9.17) is 10.5 Å². The summed E-state index contributed by atoms with van der Waals surface area (Å²) in [7, 11) is 1.70. The summed E-state index contributed by atoms with van der Waals surface area (Å²) in [6.45, 7) is 7.03. The van der Waals surface area contributed by atoms with E-state index in [1.807, 2.05) is 0 Å². The zero-order valence-corrected chi connectivity index (χ0v) is 10.9. The normalized spacial score (nSPS) is 13.0. The van der Waals surface area contributed by atoms with Gasteiger partial charge in [-0.15, -0.1) is 0 Å². The quantitative estimate of drug-likeness (QED) is 0.855. The lowest BCUT2D eigenvalue weighted by atomic mass is 10.0. The second-order valence-electron chi connectivity index (χ2n) is 4.67. The molecule has 3 heteroatoms. The summed E-state index contributed by atoms with van der Waals surface area (Å²) in [5.74, 6) is 1.26. The Hall–Kier alpha value is -1.48. The Morgan fingerprint density at radius 2 is 2.06 bits per heavy atom. The molecule has 1 heterocycles. The van der Waals surface area contributed by atoms with Gasteiger partial charge in [0.15, 0.2) is 0 Å². The zero-order valence-electron chi connectivity index (χ0n) is 10.9. The molecule has 0 radical (unpaired) electrons. The number of aromatic amines is 1. The number of nitrogens with two attached hydrogens (primary N) is 1. The van der Waals surface area contributed by atoms with Crippen LogP contribution in [0.1, 0.15) is 29.7 Å². The molecule has 2 rings (SSSR count). The average molecular weight is 232 g/mol. The summed E-state index contributed by atoms with van der Waals surface area (Å²) in [6, 6.07) is 4.13. The van der Waals surface area contributed by atoms with Gasteiger partial charge in [-0.3, -0.25) is 0 Å². The van der Waals surface area contributed by atoms with E-state index < -0.39 is 0 Å². The van der Waals surface area contributed by atoms with E-state index in [1.54, 1.807) is 7.11 Å². The molecular formula is C14H20N2O. The van der Waals surface area contributed by atoms with Crippen LogP contribution in [-0.2, 0) is 0 Å². The number of hydrogen-bond donors (Lipinski definition) is 2. The third-order valence-corrected chi connectivity index (χ3v) is 3.46. The van der Waals surface area contributed by atoms with Gasteiger partial charge in [0, 0.05) is 29.1 Å². The predicted octanol–water partition coefficient (Wildman–Crippen LogP) is 2.86. The van der Waals surface area contributed by atoms with Crippen LogP contribution in [0.25, 0.3) is 10.9 Å². The maximum Gasteiger partial charge on any atom is 0.119 e. The molecule has 1 aromatic carbocycles. The van der Waals surface area contributed by atoms with Crippen molar-refractivity contribution in [1.29, 1.82) is 0 Å². The van der Waals surface area contributed by atoms with Crippen LogP contribution < -0.4 is 10.5 Å². The van der Waals surface area contributed by atoms with Gasteiger partial charge in [-0.2, -0.15) is 0 Å². The summed E-state index contributed by atoms with van der Waals surface area (Å²) in [6.07, 6.45) is 0. The van der Waals surface area contributed by atoms with E-state index in [2.05, 4.69) is 37.9 Å². The lowest BCUT2D eigenvalue weighted by Crippen LogP contribution is -2.10. The van der Waals surface area contributed by atoms with Crippen LogP contribution >= 0.6 is 0 Å². The first-order valence-electron chi connectivity index (χ1n) is 5.95. The Bertz CT molecular complexity index is 543. The Morgan fingerprint density at radius 1 is 1.35 bits per heavy atom. The van der Waals surface area contributed by atoms with Crippen molar-refractivity contribution >= 4 is 10.9 Å². The third-order valence-electron chi connectivity index (χ3n) is 3.46. The van der Waals surface area contributed by atoms with E-state index in [0.29, 0.717) is 12.5 Å². The Kier molecular flexibility index (Phi) is 3.11. The molecule has 17 heavy (non-hydrogen) atoms. The summed E-state index contributed by atoms with van der Waals surface area (Å²) >= 11 is 0. The van der Waals surface area contributed by atoms with Gasteiger partial charge >= 0.3 is 0 Å². The molecular weight excluding hydrogens is 212 g/mol. The van der Waals surface area contributed by atoms with Gasteiger partial charge in [0.1, 0.15) is 5.75 Å². The highest BCUT2D eigenvalue weighted by Crippen LogP contribution is 2.31. The van der Waals surface area contributed by atoms with Crippen LogP contribution in [0.3, 0.4) is 0 Å². The minimum absolute atomic E-state index is 0.354. The van der Waals surface area contributed by atoms with E-state index in [9.17, 15) is 0 Å². The fourth-order valence-corrected chi connectivity index (χ4v) is 2.32. The summed E-state index contributed by atoms with van der Waals surface area (Å²) in [4.78, 5) is 3.50. The molecule has 0 aliphatic rings. The van der Waals surface area contributed by atoms with Crippen molar-refractivity contribution in [2.45, 2.75) is 26.7 Å². The molecule has 3 nitrogen and oxygen atoms in total. The van der Waals surface area contributed by atoms with Crippen LogP contribution in [0.2, 0.25) is 0 Å². The molecule has 0 aliphatic heterocycles. The SMILES string of the molecule is COc1cc(C)c2[nH]c(C(C)CN)c(C)c2c1. The first kappa shape index (κ1) is 12.0. The van der Waals surface area contributed by atoms with Gasteiger partial charge in [0.25, 0.3) is 0 Å². The lowest BCUT2D eigenvalue weighted by Gasteiger charge is -2.07. The Labute approximate surface area is 102 Å². The van der Waals surface area contributed by atoms with Crippen LogP contribution in [-0.4, -0.2) is 18.6 Å². The molecule has 3 N–H and O–H groups in total. The molecule has 92 valence electrons. The van der Waals surface area contributed by atoms with Crippen LogP contribution in [0.4, 0.5) is 0 Å². The van der Waals surface area contributed by atoms with Crippen molar-refractivity contribution in [1.82, 2.24) is 4.98 Å². The first-order valence-corrected chi connectivity index (χ1v) is 5.95. The summed E-state index contributed by atoms with van der Waals surface area (Å²) in [5.41, 5.74) is 10.7. The van der Waals surface area contributed by atoms with Gasteiger partial charge in [-0.05, 0) is 37.1 Å². The van der Waals surface area contributed by atoms with Gasteiger partial charge in [-0.1, -0.05) is 6.92 Å². The summed E-state index contributed by atoms with van der Waals surface area (Å²) in [5, 5.41) is 1.23. The fourth-order valence-electron chi connectivity index (χ4n) is 2.32. The van der Waals surface area contributed by atoms with E-state index >= 15 is 0 Å². The number of benzene rings is 1. The third kappa shape index (κ3) is 1.91. The minimum atomic E-state index is 0.354. The molecule has 0 fully saturated rings. The molecule has 1 aromatic heterocycles. The van der Waals surface area contributed by atoms with Gasteiger partial charge < -0.3 is 15.5 Å². The highest BCUT2D eigenvalue weighted by atomic mass is 16.5. The summed E-state index contributed by atoms with van der Waals surface area (Å²) < 4.78 is 5.32. The molecule has 2 aromatic rings. The van der Waals surface area contributed by atoms with E-state index in [-0.39, 0.29) is 0 Å². The topological polar surface area (TPSA) is 51.0 Å². The number of aryl methyl sites for hydroxylation is 2. The number of methoxy groups -OCH3 is 1. The molecule has 0 saturated heterocycles. The highest BCUT2D eigenvalue weighted by Gasteiger charge is 2.14. The van der Waals surface area contributed by atoms with Gasteiger partial charge in [0.2, 0.25) is 0 Å². The maximum atomic E-state index is 5.74. The van der Waals surface area contributed by atoms with E-state index in [1.165, 1.54) is 27.7 Å². The molecule has 0 amide bonds. The highest BCUT2D eigenvalue weighted by molar-refractivity contribution is 5.88. The minimum Gasteiger partial charge on any atom is -0.497 e. The number of aromatic nitrogens is 1. The fraction of sp³-hybridized carbons (Fsp3) is 0.429. The second kappa shape index (κ2) is 4.41. The molecule has 1 atom stereocenters. The van der Waals surface area contributed by atoms with Gasteiger partial charge in [-0.25, -0.2) is 0 Å². The van der Waals surface area contributed by atoms with Gasteiger partial charge in [0.05, 0.1) is 7.11 Å². The van der Waals surface area contributed by atoms with Crippen molar-refractivity contribution < 1.29 is 4.74 Å². The van der Waals surface area contributed by atoms with E-state index in [0.717, 1.165) is 5.75 Å². The standard InChI is InChI=1S/C14H20N2O/c1-8-5-11(17-4)6-12-10(3)13(9(2)7-15)16-14(8)12/h5-6,9,16H,7,15H2,1-4H3. The van der Waals surface area contributed by atoms with Crippen LogP contribution in [0.15, 0.2) is 12.1 Å². The van der Waals surface area contributed by atoms with Crippen molar-refractivity contribution in [3.05, 3.63) is 29.0 Å². The first-order chi connectivity index (χ1) is 8.08. The molecule has 0 aliphatic carbocycles. The molecule has 1 unspecified atom stereocenters. The number of fused-ring (bicyclic) bond motifs is 1. The van der Waals surface area contributed by atoms with Crippen molar-refractivity contribution in [3.63, 3.8) is 0 Å². The largest absolute Gasteiger partial charge is 0.497 e. The maximum absolute atomic E-state index is 5.74. The van der Waals surface area contributed by atoms with Crippen LogP contribution in [0, 0.1) is 13.8 Å². The van der Waals surface area contributed by atoms with Crippen LogP contribution in [0.5, 0.6) is 5.75 Å². The average Bonchev–Trinajstić information content (AvgIpc) is 2.67. The second-order valence-corrected chi connectivity index (χ2v) is 4.67. The number of rotatable bonds is 3. The molecule has 0 spiro atoms. The Morgan fingerprint density at radius 3 is 2.65 bits per heavy atom.